The van der Waals surface area contributed by atoms with Gasteiger partial charge in [-0.05, 0) is 41.7 Å². The molecule has 0 spiro atoms. The maximum absolute atomic E-state index is 12.8. The van der Waals surface area contributed by atoms with Crippen LogP contribution in [-0.4, -0.2) is 0 Å². The summed E-state index contributed by atoms with van der Waals surface area (Å²) in [5, 5.41) is 0. The van der Waals surface area contributed by atoms with Gasteiger partial charge in [0.1, 0.15) is 5.82 Å². The Morgan fingerprint density at radius 1 is 0.778 bits per heavy atom. The lowest BCUT2D eigenvalue weighted by molar-refractivity contribution is 0.628. The zero-order chi connectivity index (χ0) is 12.8. The van der Waals surface area contributed by atoms with E-state index >= 15 is 0 Å². The van der Waals surface area contributed by atoms with Crippen molar-refractivity contribution < 1.29 is 4.39 Å². The fourth-order valence-corrected chi connectivity index (χ4v) is 2.01. The van der Waals surface area contributed by atoms with Gasteiger partial charge in [0.15, 0.2) is 0 Å². The molecule has 0 N–H and O–H groups in total. The van der Waals surface area contributed by atoms with Crippen LogP contribution in [0.15, 0.2) is 48.5 Å². The van der Waals surface area contributed by atoms with Gasteiger partial charge >= 0.3 is 0 Å². The first-order valence-electron chi connectivity index (χ1n) is 6.44. The van der Waals surface area contributed by atoms with Crippen LogP contribution in [0.1, 0.15) is 24.8 Å². The van der Waals surface area contributed by atoms with E-state index in [4.69, 9.17) is 0 Å². The summed E-state index contributed by atoms with van der Waals surface area (Å²) in [5.74, 6) is -0.191. The van der Waals surface area contributed by atoms with Crippen molar-refractivity contribution in [2.24, 2.45) is 0 Å². The fourth-order valence-electron chi connectivity index (χ4n) is 2.01. The molecular formula is C17H18F. The molecule has 2 rings (SSSR count). The maximum Gasteiger partial charge on any atom is 0.123 e. The minimum atomic E-state index is -0.191. The molecule has 0 unspecified atom stereocenters. The number of halogens is 1. The Hall–Kier alpha value is -1.63. The molecule has 0 saturated heterocycles. The molecule has 93 valence electrons. The fraction of sp³-hybridized carbons (Fsp3) is 0.235. The van der Waals surface area contributed by atoms with Crippen molar-refractivity contribution in [2.75, 3.05) is 0 Å². The SMILES string of the molecule is [CH2]CCCCc1ccc(-c2ccc(F)cc2)cc1. The van der Waals surface area contributed by atoms with E-state index in [1.54, 1.807) is 0 Å². The first-order valence-corrected chi connectivity index (χ1v) is 6.44. The number of hydrogen-bond donors (Lipinski definition) is 0. The quantitative estimate of drug-likeness (QED) is 0.643. The van der Waals surface area contributed by atoms with Crippen LogP contribution in [0.3, 0.4) is 0 Å². The molecule has 0 heterocycles. The lowest BCUT2D eigenvalue weighted by Crippen LogP contribution is -1.86. The molecule has 0 fully saturated rings. The lowest BCUT2D eigenvalue weighted by Gasteiger charge is -2.04. The van der Waals surface area contributed by atoms with Gasteiger partial charge in [0.25, 0.3) is 0 Å². The first kappa shape index (κ1) is 12.8. The van der Waals surface area contributed by atoms with E-state index in [-0.39, 0.29) is 5.82 Å². The van der Waals surface area contributed by atoms with Crippen LogP contribution in [-0.2, 0) is 6.42 Å². The molecule has 0 saturated carbocycles. The van der Waals surface area contributed by atoms with E-state index in [2.05, 4.69) is 31.2 Å². The Morgan fingerprint density at radius 2 is 1.33 bits per heavy atom. The summed E-state index contributed by atoms with van der Waals surface area (Å²) >= 11 is 0. The summed E-state index contributed by atoms with van der Waals surface area (Å²) in [6.45, 7) is 3.85. The molecule has 0 aromatic heterocycles. The molecule has 0 amide bonds. The van der Waals surface area contributed by atoms with Gasteiger partial charge in [0.2, 0.25) is 0 Å². The molecule has 1 heteroatoms. The smallest absolute Gasteiger partial charge is 0.123 e. The average molecular weight is 241 g/mol. The highest BCUT2D eigenvalue weighted by molar-refractivity contribution is 5.63. The average Bonchev–Trinajstić information content (AvgIpc) is 2.41. The molecule has 0 nitrogen and oxygen atoms in total. The third-order valence-electron chi connectivity index (χ3n) is 3.10. The zero-order valence-electron chi connectivity index (χ0n) is 10.5. The highest BCUT2D eigenvalue weighted by Gasteiger charge is 1.99. The van der Waals surface area contributed by atoms with Crippen LogP contribution in [0.2, 0.25) is 0 Å². The molecule has 0 aliphatic heterocycles. The first-order chi connectivity index (χ1) is 8.79. The standard InChI is InChI=1S/C17H18F/c1-2-3-4-5-14-6-8-15(9-7-14)16-10-12-17(18)13-11-16/h6-13H,1-5H2. The van der Waals surface area contributed by atoms with Gasteiger partial charge < -0.3 is 0 Å². The third kappa shape index (κ3) is 3.43. The van der Waals surface area contributed by atoms with Gasteiger partial charge in [0, 0.05) is 0 Å². The van der Waals surface area contributed by atoms with Gasteiger partial charge in [-0.3, -0.25) is 0 Å². The van der Waals surface area contributed by atoms with Gasteiger partial charge in [-0.25, -0.2) is 4.39 Å². The van der Waals surface area contributed by atoms with Gasteiger partial charge in [0.05, 0.1) is 0 Å². The topological polar surface area (TPSA) is 0 Å². The minimum absolute atomic E-state index is 0.191. The summed E-state index contributed by atoms with van der Waals surface area (Å²) in [5.41, 5.74) is 3.55. The van der Waals surface area contributed by atoms with Crippen LogP contribution in [0.5, 0.6) is 0 Å². The number of benzene rings is 2. The second-order valence-corrected chi connectivity index (χ2v) is 4.51. The predicted octanol–water partition coefficient (Wildman–Crippen LogP) is 5.04. The third-order valence-corrected chi connectivity index (χ3v) is 3.10. The Balaban J connectivity index is 2.05. The van der Waals surface area contributed by atoms with Crippen molar-refractivity contribution >= 4 is 0 Å². The largest absolute Gasteiger partial charge is 0.207 e. The molecule has 0 aliphatic rings. The normalized spacial score (nSPS) is 10.6. The maximum atomic E-state index is 12.8. The van der Waals surface area contributed by atoms with Crippen LogP contribution in [0.25, 0.3) is 11.1 Å². The zero-order valence-corrected chi connectivity index (χ0v) is 10.5. The summed E-state index contributed by atoms with van der Waals surface area (Å²) in [6.07, 6.45) is 4.49. The van der Waals surface area contributed by atoms with Crippen molar-refractivity contribution in [2.45, 2.75) is 25.7 Å². The Labute approximate surface area is 108 Å². The van der Waals surface area contributed by atoms with Crippen molar-refractivity contribution in [3.05, 3.63) is 66.8 Å². The second kappa shape index (κ2) is 6.34. The van der Waals surface area contributed by atoms with Gasteiger partial charge in [-0.15, -0.1) is 0 Å². The molecule has 0 aliphatic carbocycles. The second-order valence-electron chi connectivity index (χ2n) is 4.51. The molecule has 1 radical (unpaired) electrons. The number of aryl methyl sites for hydroxylation is 1. The molecule has 2 aromatic rings. The molecule has 0 atom stereocenters. The van der Waals surface area contributed by atoms with Crippen molar-refractivity contribution in [1.82, 2.24) is 0 Å². The van der Waals surface area contributed by atoms with Crippen LogP contribution < -0.4 is 0 Å². The molecule has 18 heavy (non-hydrogen) atoms. The van der Waals surface area contributed by atoms with Crippen LogP contribution in [0.4, 0.5) is 4.39 Å². The lowest BCUT2D eigenvalue weighted by atomic mass is 10.0. The van der Waals surface area contributed by atoms with E-state index in [0.717, 1.165) is 24.0 Å². The molecule has 0 bridgehead atoms. The highest BCUT2D eigenvalue weighted by Crippen LogP contribution is 2.20. The van der Waals surface area contributed by atoms with Crippen LogP contribution >= 0.6 is 0 Å². The number of rotatable bonds is 5. The summed E-state index contributed by atoms with van der Waals surface area (Å²) in [7, 11) is 0. The highest BCUT2D eigenvalue weighted by atomic mass is 19.1. The van der Waals surface area contributed by atoms with E-state index in [9.17, 15) is 4.39 Å². The Bertz CT molecular complexity index is 468. The van der Waals surface area contributed by atoms with Gasteiger partial charge in [-0.1, -0.05) is 56.2 Å². The predicted molar refractivity (Wildman–Crippen MR) is 74.7 cm³/mol. The summed E-state index contributed by atoms with van der Waals surface area (Å²) in [6, 6.07) is 15.1. The van der Waals surface area contributed by atoms with Gasteiger partial charge in [-0.2, -0.15) is 0 Å². The van der Waals surface area contributed by atoms with Crippen molar-refractivity contribution in [1.29, 1.82) is 0 Å². The van der Waals surface area contributed by atoms with E-state index in [1.165, 1.54) is 30.5 Å². The number of hydrogen-bond acceptors (Lipinski definition) is 0. The van der Waals surface area contributed by atoms with Crippen molar-refractivity contribution in [3.8, 4) is 11.1 Å². The Morgan fingerprint density at radius 3 is 1.89 bits per heavy atom. The van der Waals surface area contributed by atoms with E-state index < -0.39 is 0 Å². The van der Waals surface area contributed by atoms with Crippen LogP contribution in [0, 0.1) is 12.7 Å². The molecular weight excluding hydrogens is 223 g/mol. The summed E-state index contributed by atoms with van der Waals surface area (Å²) in [4.78, 5) is 0. The van der Waals surface area contributed by atoms with E-state index in [1.807, 2.05) is 12.1 Å². The van der Waals surface area contributed by atoms with E-state index in [0.29, 0.717) is 0 Å². The Kier molecular flexibility index (Phi) is 4.52. The van der Waals surface area contributed by atoms with Crippen molar-refractivity contribution in [3.63, 3.8) is 0 Å². The molecule has 2 aromatic carbocycles. The number of unbranched alkanes of at least 4 members (excludes halogenated alkanes) is 2. The monoisotopic (exact) mass is 241 g/mol. The minimum Gasteiger partial charge on any atom is -0.207 e. The summed E-state index contributed by atoms with van der Waals surface area (Å²) < 4.78 is 12.8.